The number of carbonyl (C=O) groups is 2. The van der Waals surface area contributed by atoms with Crippen LogP contribution in [0.4, 0.5) is 73.6 Å². The van der Waals surface area contributed by atoms with Gasteiger partial charge in [-0.2, -0.15) is 52.7 Å². The number of nitrogens with zero attached hydrogens (tertiary/aromatic N) is 1. The van der Waals surface area contributed by atoms with E-state index >= 15 is 0 Å². The van der Waals surface area contributed by atoms with Crippen LogP contribution in [0, 0.1) is 0 Å². The van der Waals surface area contributed by atoms with E-state index in [0.29, 0.717) is 48.4 Å². The van der Waals surface area contributed by atoms with Gasteiger partial charge in [0.05, 0.1) is 40.9 Å². The number of benzene rings is 4. The number of guanidine groups is 1. The fraction of sp³-hybridized carbons (Fsp3) is 0.509. The van der Waals surface area contributed by atoms with E-state index in [1.807, 2.05) is 0 Å². The summed E-state index contributed by atoms with van der Waals surface area (Å²) in [7, 11) is 0. The Balaban J connectivity index is 0.0000156. The molecule has 4 rings (SSSR count). The van der Waals surface area contributed by atoms with Gasteiger partial charge in [0, 0.05) is 24.5 Å². The Morgan fingerprint density at radius 2 is 0.792 bits per heavy atom. The van der Waals surface area contributed by atoms with Crippen LogP contribution in [-0.4, -0.2) is 49.7 Å². The maximum Gasteiger partial charge on any atom is 0.416 e. The second-order valence-corrected chi connectivity index (χ2v) is 18.9. The number of carbonyl (C=O) groups excluding carboxylic acids is 2. The fourth-order valence-corrected chi connectivity index (χ4v) is 8.37. The Hall–Kier alpha value is -5.86. The minimum Gasteiger partial charge on any atom is -0.356 e. The van der Waals surface area contributed by atoms with E-state index in [1.165, 1.54) is 64.2 Å². The first-order valence-corrected chi connectivity index (χ1v) is 25.8. The third-order valence-corrected chi connectivity index (χ3v) is 12.3. The van der Waals surface area contributed by atoms with Gasteiger partial charge in [-0.15, -0.1) is 12.4 Å². The monoisotopic (exact) mass is 1120 g/mol. The van der Waals surface area contributed by atoms with Crippen molar-refractivity contribution in [3.05, 3.63) is 130 Å². The fourth-order valence-electron chi connectivity index (χ4n) is 8.37. The standard InChI is InChI=1S/C55H69F12N7O2.ClH/c1-2-3-4-5-6-7-8-9-10-11-12-13-14-15-16-23-28-68-49(69-37-47(29-39-24-19-17-20-25-39)73-50(75)71-45-33-41(52(56,57)58)31-42(34-45)53(59,60)61)70-38-48(30-40-26-21-18-22-27-40)74-51(76)72-46-35-43(54(62,63)64)32-44(36-46)55(65,66)67;/h17-22,24-27,31-36,47-48H,2-16,23,28-30,37-38H2,1H3,(H2,68,69,70)(H2,71,73,75)(H2,72,74,76);1H/t47-,48-;/m0./s1. The first-order chi connectivity index (χ1) is 36.0. The van der Waals surface area contributed by atoms with Gasteiger partial charge in [-0.25, -0.2) is 9.59 Å². The number of halogens is 13. The Morgan fingerprint density at radius 1 is 0.455 bits per heavy atom. The SMILES string of the molecule is CCCCCCCCCCCCCCCCCCNC(=NC[C@H](Cc1ccccc1)NC(=O)Nc1cc(C(F)(F)F)cc(C(F)(F)F)c1)NC[C@H](Cc1ccccc1)NC(=O)Nc1cc(C(F)(F)F)cc(C(F)(F)F)c1.Cl. The van der Waals surface area contributed by atoms with Crippen molar-refractivity contribution in [2.75, 3.05) is 30.3 Å². The van der Waals surface area contributed by atoms with Gasteiger partial charge in [0.15, 0.2) is 5.96 Å². The van der Waals surface area contributed by atoms with Gasteiger partial charge in [0.1, 0.15) is 0 Å². The van der Waals surface area contributed by atoms with E-state index in [0.717, 1.165) is 32.1 Å². The molecular weight excluding hydrogens is 1050 g/mol. The van der Waals surface area contributed by atoms with Crippen molar-refractivity contribution in [2.45, 2.75) is 159 Å². The number of alkyl halides is 12. The van der Waals surface area contributed by atoms with E-state index in [9.17, 15) is 62.3 Å². The topological polar surface area (TPSA) is 119 Å². The lowest BCUT2D eigenvalue weighted by Gasteiger charge is -2.23. The molecule has 4 amide bonds. The van der Waals surface area contributed by atoms with Crippen LogP contribution in [0.25, 0.3) is 0 Å². The van der Waals surface area contributed by atoms with Crippen molar-refractivity contribution < 1.29 is 62.3 Å². The molecule has 0 radical (unpaired) electrons. The summed E-state index contributed by atoms with van der Waals surface area (Å²) >= 11 is 0. The van der Waals surface area contributed by atoms with Gasteiger partial charge in [0.2, 0.25) is 0 Å². The van der Waals surface area contributed by atoms with Gasteiger partial charge in [0.25, 0.3) is 0 Å². The molecular formula is C55H70ClF12N7O2. The molecule has 77 heavy (non-hydrogen) atoms. The largest absolute Gasteiger partial charge is 0.416 e. The van der Waals surface area contributed by atoms with Gasteiger partial charge in [-0.3, -0.25) is 4.99 Å². The van der Waals surface area contributed by atoms with E-state index in [4.69, 9.17) is 0 Å². The van der Waals surface area contributed by atoms with E-state index < -0.39 is 82.5 Å². The second kappa shape index (κ2) is 32.8. The molecule has 4 aromatic rings. The zero-order valence-electron chi connectivity index (χ0n) is 42.9. The number of hydrogen-bond acceptors (Lipinski definition) is 3. The average Bonchev–Trinajstić information content (AvgIpc) is 3.34. The summed E-state index contributed by atoms with van der Waals surface area (Å²) in [6.45, 7) is 2.29. The highest BCUT2D eigenvalue weighted by Crippen LogP contribution is 2.39. The lowest BCUT2D eigenvalue weighted by atomic mass is 10.0. The van der Waals surface area contributed by atoms with Crippen LogP contribution in [0.3, 0.4) is 0 Å². The molecule has 9 nitrogen and oxygen atoms in total. The number of anilines is 2. The van der Waals surface area contributed by atoms with Gasteiger partial charge in [-0.1, -0.05) is 164 Å². The highest BCUT2D eigenvalue weighted by Gasteiger charge is 2.38. The third-order valence-electron chi connectivity index (χ3n) is 12.3. The number of rotatable bonds is 29. The van der Waals surface area contributed by atoms with Crippen molar-refractivity contribution in [1.29, 1.82) is 0 Å². The molecule has 0 heterocycles. The number of aliphatic imine (C=N–C) groups is 1. The Morgan fingerprint density at radius 3 is 1.16 bits per heavy atom. The maximum atomic E-state index is 13.6. The average molecular weight is 1120 g/mol. The summed E-state index contributed by atoms with van der Waals surface area (Å²) in [5.41, 5.74) is -6.63. The molecule has 0 bridgehead atoms. The summed E-state index contributed by atoms with van der Waals surface area (Å²) in [5.74, 6) is 0.155. The summed E-state index contributed by atoms with van der Waals surface area (Å²) in [6, 6.07) is 14.7. The Bertz CT molecular complexity index is 2300. The molecule has 2 atom stereocenters. The van der Waals surface area contributed by atoms with Crippen LogP contribution in [0.5, 0.6) is 0 Å². The Labute approximate surface area is 449 Å². The third kappa shape index (κ3) is 26.4. The molecule has 4 aromatic carbocycles. The summed E-state index contributed by atoms with van der Waals surface area (Å²) < 4.78 is 164. The highest BCUT2D eigenvalue weighted by atomic mass is 35.5. The molecule has 6 N–H and O–H groups in total. The molecule has 0 aliphatic carbocycles. The molecule has 0 unspecified atom stereocenters. The van der Waals surface area contributed by atoms with Gasteiger partial charge in [-0.05, 0) is 66.8 Å². The van der Waals surface area contributed by atoms with Crippen molar-refractivity contribution in [2.24, 2.45) is 4.99 Å². The lowest BCUT2D eigenvalue weighted by Crippen LogP contribution is -2.49. The zero-order valence-corrected chi connectivity index (χ0v) is 43.8. The molecule has 22 heteroatoms. The van der Waals surface area contributed by atoms with Crippen LogP contribution < -0.4 is 31.9 Å². The number of amides is 4. The van der Waals surface area contributed by atoms with Crippen LogP contribution >= 0.6 is 12.4 Å². The molecule has 0 spiro atoms. The number of nitrogens with one attached hydrogen (secondary N) is 6. The maximum absolute atomic E-state index is 13.6. The van der Waals surface area contributed by atoms with Gasteiger partial charge >= 0.3 is 36.8 Å². The zero-order chi connectivity index (χ0) is 55.6. The first kappa shape index (κ1) is 65.4. The quantitative estimate of drug-likeness (QED) is 0.0140. The molecule has 0 aliphatic heterocycles. The highest BCUT2D eigenvalue weighted by molar-refractivity contribution is 5.90. The predicted octanol–water partition coefficient (Wildman–Crippen LogP) is 16.1. The minimum absolute atomic E-state index is 0. The molecule has 428 valence electrons. The van der Waals surface area contributed by atoms with E-state index in [-0.39, 0.29) is 56.4 Å². The molecule has 0 saturated heterocycles. The molecule has 0 aromatic heterocycles. The second-order valence-electron chi connectivity index (χ2n) is 18.9. The number of urea groups is 2. The van der Waals surface area contributed by atoms with Crippen LogP contribution in [0.15, 0.2) is 102 Å². The van der Waals surface area contributed by atoms with E-state index in [2.05, 4.69) is 43.8 Å². The lowest BCUT2D eigenvalue weighted by molar-refractivity contribution is -0.144. The van der Waals surface area contributed by atoms with Crippen LogP contribution in [0.2, 0.25) is 0 Å². The predicted molar refractivity (Wildman–Crippen MR) is 280 cm³/mol. The van der Waals surface area contributed by atoms with Crippen molar-refractivity contribution in [3.63, 3.8) is 0 Å². The number of hydrogen-bond donors (Lipinski definition) is 6. The van der Waals surface area contributed by atoms with E-state index in [1.54, 1.807) is 60.7 Å². The molecule has 0 fully saturated rings. The van der Waals surface area contributed by atoms with Crippen molar-refractivity contribution in [3.8, 4) is 0 Å². The summed E-state index contributed by atoms with van der Waals surface area (Å²) in [6.07, 6.45) is -1.85. The smallest absolute Gasteiger partial charge is 0.356 e. The molecule has 0 aliphatic rings. The summed E-state index contributed by atoms with van der Waals surface area (Å²) in [4.78, 5) is 31.4. The van der Waals surface area contributed by atoms with Crippen molar-refractivity contribution in [1.82, 2.24) is 21.3 Å². The normalized spacial score (nSPS) is 13.0. The van der Waals surface area contributed by atoms with Crippen LogP contribution in [0.1, 0.15) is 143 Å². The number of unbranched alkanes of at least 4 members (excludes halogenated alkanes) is 15. The summed E-state index contributed by atoms with van der Waals surface area (Å²) in [5, 5.41) is 15.8. The van der Waals surface area contributed by atoms with Crippen LogP contribution in [-0.2, 0) is 37.5 Å². The van der Waals surface area contributed by atoms with Gasteiger partial charge < -0.3 is 31.9 Å². The first-order valence-electron chi connectivity index (χ1n) is 25.8. The minimum atomic E-state index is -5.16. The molecule has 0 saturated carbocycles. The van der Waals surface area contributed by atoms with Crippen molar-refractivity contribution >= 4 is 41.8 Å². The Kier molecular flexibility index (Phi) is 27.8.